The van der Waals surface area contributed by atoms with Gasteiger partial charge in [0, 0.05) is 16.4 Å². The minimum absolute atomic E-state index is 0.0591. The third kappa shape index (κ3) is 3.68. The van der Waals surface area contributed by atoms with Crippen molar-refractivity contribution in [3.05, 3.63) is 58.6 Å². The molecule has 0 saturated heterocycles. The highest BCUT2D eigenvalue weighted by molar-refractivity contribution is 6.30. The molecule has 3 rings (SSSR count). The van der Waals surface area contributed by atoms with Crippen molar-refractivity contribution in [1.82, 2.24) is 0 Å². The largest absolute Gasteiger partial charge is 0.450 e. The summed E-state index contributed by atoms with van der Waals surface area (Å²) in [6.07, 6.45) is 1.06. The lowest BCUT2D eigenvalue weighted by Gasteiger charge is -2.18. The zero-order chi connectivity index (χ0) is 18.7. The van der Waals surface area contributed by atoms with Crippen molar-refractivity contribution >= 4 is 35.0 Å². The standard InChI is InChI=1S/C20H21ClN2O3/c1-3-26-19(25)23-17-9-5-8-16(13(17)2)22-18(24)20(10-11-20)14-6-4-7-15(21)12-14/h4-9,12H,3,10-11H2,1-2H3,(H,22,24)(H,23,25). The molecule has 0 heterocycles. The third-order valence-electron chi connectivity index (χ3n) is 4.66. The van der Waals surface area contributed by atoms with Gasteiger partial charge in [0.25, 0.3) is 0 Å². The molecule has 1 aliphatic carbocycles. The average Bonchev–Trinajstić information content (AvgIpc) is 3.41. The molecule has 0 radical (unpaired) electrons. The van der Waals surface area contributed by atoms with E-state index in [1.165, 1.54) is 0 Å². The topological polar surface area (TPSA) is 67.4 Å². The second-order valence-electron chi connectivity index (χ2n) is 6.37. The summed E-state index contributed by atoms with van der Waals surface area (Å²) < 4.78 is 4.91. The fourth-order valence-electron chi connectivity index (χ4n) is 2.98. The molecule has 1 aliphatic rings. The van der Waals surface area contributed by atoms with Gasteiger partial charge in [-0.1, -0.05) is 29.8 Å². The average molecular weight is 373 g/mol. The van der Waals surface area contributed by atoms with Crippen molar-refractivity contribution in [1.29, 1.82) is 0 Å². The molecule has 6 heteroatoms. The Morgan fingerprint density at radius 1 is 1.12 bits per heavy atom. The molecule has 0 aliphatic heterocycles. The molecule has 0 atom stereocenters. The van der Waals surface area contributed by atoms with Crippen molar-refractivity contribution in [2.45, 2.75) is 32.1 Å². The maximum absolute atomic E-state index is 12.9. The summed E-state index contributed by atoms with van der Waals surface area (Å²) in [6.45, 7) is 3.88. The molecule has 5 nitrogen and oxygen atoms in total. The Labute approximate surface area is 157 Å². The number of nitrogens with one attached hydrogen (secondary N) is 2. The van der Waals surface area contributed by atoms with Crippen LogP contribution in [-0.4, -0.2) is 18.6 Å². The Bertz CT molecular complexity index is 847. The number of benzene rings is 2. The molecule has 136 valence electrons. The van der Waals surface area contributed by atoms with E-state index in [9.17, 15) is 9.59 Å². The predicted octanol–water partition coefficient (Wildman–Crippen LogP) is 4.89. The highest BCUT2D eigenvalue weighted by Crippen LogP contribution is 2.49. The molecule has 1 fully saturated rings. The molecule has 2 aromatic rings. The van der Waals surface area contributed by atoms with Gasteiger partial charge in [-0.3, -0.25) is 10.1 Å². The van der Waals surface area contributed by atoms with E-state index in [1.807, 2.05) is 31.2 Å². The summed E-state index contributed by atoms with van der Waals surface area (Å²) >= 11 is 6.08. The van der Waals surface area contributed by atoms with Crippen LogP contribution in [0.2, 0.25) is 5.02 Å². The molecule has 26 heavy (non-hydrogen) atoms. The number of amides is 2. The van der Waals surface area contributed by atoms with Crippen LogP contribution in [0.1, 0.15) is 30.9 Å². The Kier molecular flexibility index (Phi) is 5.18. The van der Waals surface area contributed by atoms with Crippen LogP contribution in [0.3, 0.4) is 0 Å². The van der Waals surface area contributed by atoms with Crippen LogP contribution in [0.15, 0.2) is 42.5 Å². The maximum atomic E-state index is 12.9. The van der Waals surface area contributed by atoms with E-state index < -0.39 is 11.5 Å². The highest BCUT2D eigenvalue weighted by atomic mass is 35.5. The van der Waals surface area contributed by atoms with E-state index in [2.05, 4.69) is 10.6 Å². The fraction of sp³-hybridized carbons (Fsp3) is 0.300. The van der Waals surface area contributed by atoms with Crippen LogP contribution in [0.25, 0.3) is 0 Å². The fourth-order valence-corrected chi connectivity index (χ4v) is 3.17. The van der Waals surface area contributed by atoms with Crippen molar-refractivity contribution in [2.75, 3.05) is 17.2 Å². The molecular formula is C20H21ClN2O3. The lowest BCUT2D eigenvalue weighted by atomic mass is 9.94. The number of rotatable bonds is 5. The van der Waals surface area contributed by atoms with Crippen LogP contribution >= 0.6 is 11.6 Å². The first-order valence-corrected chi connectivity index (χ1v) is 8.95. The summed E-state index contributed by atoms with van der Waals surface area (Å²) in [4.78, 5) is 24.6. The third-order valence-corrected chi connectivity index (χ3v) is 4.89. The smallest absolute Gasteiger partial charge is 0.411 e. The van der Waals surface area contributed by atoms with Crippen molar-refractivity contribution in [2.24, 2.45) is 0 Å². The Hall–Kier alpha value is -2.53. The number of carbonyl (C=O) groups is 2. The minimum Gasteiger partial charge on any atom is -0.450 e. The second kappa shape index (κ2) is 7.38. The minimum atomic E-state index is -0.526. The van der Waals surface area contributed by atoms with Gasteiger partial charge in [-0.15, -0.1) is 0 Å². The Morgan fingerprint density at radius 3 is 2.38 bits per heavy atom. The van der Waals surface area contributed by atoms with Gasteiger partial charge in [-0.05, 0) is 62.1 Å². The van der Waals surface area contributed by atoms with Crippen molar-refractivity contribution in [3.63, 3.8) is 0 Å². The van der Waals surface area contributed by atoms with Gasteiger partial charge in [0.1, 0.15) is 0 Å². The summed E-state index contributed by atoms with van der Waals surface area (Å²) in [5.74, 6) is -0.0591. The van der Waals surface area contributed by atoms with Crippen LogP contribution in [0.5, 0.6) is 0 Å². The molecule has 0 unspecified atom stereocenters. The molecule has 2 aromatic carbocycles. The number of ether oxygens (including phenoxy) is 1. The lowest BCUT2D eigenvalue weighted by Crippen LogP contribution is -2.28. The van der Waals surface area contributed by atoms with E-state index in [0.717, 1.165) is 24.0 Å². The summed E-state index contributed by atoms with van der Waals surface area (Å²) in [5.41, 5.74) is 2.45. The normalized spacial score (nSPS) is 14.4. The van der Waals surface area contributed by atoms with Crippen LogP contribution in [0, 0.1) is 6.92 Å². The van der Waals surface area contributed by atoms with Crippen LogP contribution in [-0.2, 0) is 14.9 Å². The van der Waals surface area contributed by atoms with Gasteiger partial charge in [-0.25, -0.2) is 4.79 Å². The zero-order valence-electron chi connectivity index (χ0n) is 14.8. The molecule has 0 bridgehead atoms. The van der Waals surface area contributed by atoms with E-state index in [0.29, 0.717) is 23.0 Å². The SMILES string of the molecule is CCOC(=O)Nc1cccc(NC(=O)C2(c3cccc(Cl)c3)CC2)c1C. The summed E-state index contributed by atoms with van der Waals surface area (Å²) in [7, 11) is 0. The second-order valence-corrected chi connectivity index (χ2v) is 6.81. The summed E-state index contributed by atoms with van der Waals surface area (Å²) in [6, 6.07) is 12.8. The first-order chi connectivity index (χ1) is 12.5. The maximum Gasteiger partial charge on any atom is 0.411 e. The van der Waals surface area contributed by atoms with Crippen molar-refractivity contribution < 1.29 is 14.3 Å². The Morgan fingerprint density at radius 2 is 1.77 bits per heavy atom. The van der Waals surface area contributed by atoms with Crippen molar-refractivity contribution in [3.8, 4) is 0 Å². The van der Waals surface area contributed by atoms with Gasteiger partial charge in [0.2, 0.25) is 5.91 Å². The number of hydrogen-bond donors (Lipinski definition) is 2. The molecule has 1 saturated carbocycles. The zero-order valence-corrected chi connectivity index (χ0v) is 15.5. The highest BCUT2D eigenvalue weighted by Gasteiger charge is 2.51. The molecule has 2 N–H and O–H groups in total. The molecular weight excluding hydrogens is 352 g/mol. The number of anilines is 2. The van der Waals surface area contributed by atoms with E-state index >= 15 is 0 Å². The number of carbonyl (C=O) groups excluding carboxylic acids is 2. The monoisotopic (exact) mass is 372 g/mol. The molecule has 0 spiro atoms. The first-order valence-electron chi connectivity index (χ1n) is 8.57. The van der Waals surface area contributed by atoms with E-state index in [-0.39, 0.29) is 5.91 Å². The van der Waals surface area contributed by atoms with Gasteiger partial charge >= 0.3 is 6.09 Å². The van der Waals surface area contributed by atoms with Gasteiger partial charge in [0.15, 0.2) is 0 Å². The van der Waals surface area contributed by atoms with Gasteiger partial charge < -0.3 is 10.1 Å². The lowest BCUT2D eigenvalue weighted by molar-refractivity contribution is -0.118. The van der Waals surface area contributed by atoms with Gasteiger partial charge in [0.05, 0.1) is 12.0 Å². The summed E-state index contributed by atoms with van der Waals surface area (Å²) in [5, 5.41) is 6.31. The molecule has 0 aromatic heterocycles. The number of halogens is 1. The van der Waals surface area contributed by atoms with E-state index in [1.54, 1.807) is 25.1 Å². The first kappa shape index (κ1) is 18.3. The Balaban J connectivity index is 1.79. The van der Waals surface area contributed by atoms with Gasteiger partial charge in [-0.2, -0.15) is 0 Å². The van der Waals surface area contributed by atoms with Crippen LogP contribution in [0.4, 0.5) is 16.2 Å². The molecule has 2 amide bonds. The van der Waals surface area contributed by atoms with E-state index in [4.69, 9.17) is 16.3 Å². The van der Waals surface area contributed by atoms with Crippen LogP contribution < -0.4 is 10.6 Å². The predicted molar refractivity (Wildman–Crippen MR) is 103 cm³/mol. The number of hydrogen-bond acceptors (Lipinski definition) is 3. The quantitative estimate of drug-likeness (QED) is 0.785.